The number of likely N-dealkylation sites (tertiary alicyclic amines) is 1. The van der Waals surface area contributed by atoms with E-state index in [1.165, 1.54) is 19.4 Å². The Morgan fingerprint density at radius 3 is 2.74 bits per heavy atom. The van der Waals surface area contributed by atoms with Crippen molar-refractivity contribution in [2.24, 2.45) is 0 Å². The van der Waals surface area contributed by atoms with E-state index in [2.05, 4.69) is 16.8 Å². The SMILES string of the molecule is C[C@@H]1CCCN1CCCOc1ccc(-n2cnc3ccccc3c2=O)cc1. The molecule has 5 nitrogen and oxygen atoms in total. The zero-order valence-electron chi connectivity index (χ0n) is 15.7. The van der Waals surface area contributed by atoms with Crippen molar-refractivity contribution < 1.29 is 4.74 Å². The van der Waals surface area contributed by atoms with Gasteiger partial charge in [0.1, 0.15) is 12.1 Å². The van der Waals surface area contributed by atoms with E-state index >= 15 is 0 Å². The lowest BCUT2D eigenvalue weighted by atomic mass is 10.2. The zero-order chi connectivity index (χ0) is 18.6. The van der Waals surface area contributed by atoms with Crippen molar-refractivity contribution >= 4 is 10.9 Å². The van der Waals surface area contributed by atoms with Crippen LogP contribution >= 0.6 is 0 Å². The summed E-state index contributed by atoms with van der Waals surface area (Å²) < 4.78 is 7.43. The van der Waals surface area contributed by atoms with E-state index < -0.39 is 0 Å². The maximum Gasteiger partial charge on any atom is 0.265 e. The van der Waals surface area contributed by atoms with Crippen LogP contribution in [0.4, 0.5) is 0 Å². The smallest absolute Gasteiger partial charge is 0.265 e. The van der Waals surface area contributed by atoms with Crippen LogP contribution in [0.3, 0.4) is 0 Å². The first-order valence-corrected chi connectivity index (χ1v) is 9.66. The molecule has 2 aromatic carbocycles. The van der Waals surface area contributed by atoms with Gasteiger partial charge < -0.3 is 9.64 Å². The van der Waals surface area contributed by atoms with Crippen LogP contribution in [0.15, 0.2) is 59.7 Å². The molecule has 5 heteroatoms. The van der Waals surface area contributed by atoms with E-state index in [1.807, 2.05) is 42.5 Å². The van der Waals surface area contributed by atoms with Crippen molar-refractivity contribution in [1.82, 2.24) is 14.5 Å². The Bertz CT molecular complexity index is 965. The highest BCUT2D eigenvalue weighted by molar-refractivity contribution is 5.77. The molecule has 4 rings (SSSR count). The minimum Gasteiger partial charge on any atom is -0.494 e. The minimum absolute atomic E-state index is 0.0611. The standard InChI is InChI=1S/C22H25N3O2/c1-17-6-4-13-24(17)14-5-15-27-19-11-9-18(10-12-19)25-16-23-21-8-3-2-7-20(21)22(25)26/h2-3,7-12,16-17H,4-6,13-15H2,1H3/t17-/m1/s1. The fourth-order valence-electron chi connectivity index (χ4n) is 3.74. The van der Waals surface area contributed by atoms with Gasteiger partial charge in [0.05, 0.1) is 23.2 Å². The molecule has 0 N–H and O–H groups in total. The van der Waals surface area contributed by atoms with E-state index in [0.29, 0.717) is 23.6 Å². The molecule has 0 spiro atoms. The number of ether oxygens (including phenoxy) is 1. The second kappa shape index (κ2) is 7.92. The highest BCUT2D eigenvalue weighted by Gasteiger charge is 2.19. The first-order valence-electron chi connectivity index (χ1n) is 9.66. The first-order chi connectivity index (χ1) is 13.2. The van der Waals surface area contributed by atoms with Gasteiger partial charge in [-0.25, -0.2) is 4.98 Å². The fourth-order valence-corrected chi connectivity index (χ4v) is 3.74. The maximum absolute atomic E-state index is 12.7. The van der Waals surface area contributed by atoms with Crippen LogP contribution in [-0.2, 0) is 0 Å². The number of aromatic nitrogens is 2. The Morgan fingerprint density at radius 2 is 1.96 bits per heavy atom. The molecular weight excluding hydrogens is 338 g/mol. The van der Waals surface area contributed by atoms with Crippen LogP contribution in [0.1, 0.15) is 26.2 Å². The summed E-state index contributed by atoms with van der Waals surface area (Å²) in [6.07, 6.45) is 5.23. The second-order valence-electron chi connectivity index (χ2n) is 7.16. The quantitative estimate of drug-likeness (QED) is 0.628. The van der Waals surface area contributed by atoms with Gasteiger partial charge in [0.15, 0.2) is 0 Å². The predicted molar refractivity (Wildman–Crippen MR) is 108 cm³/mol. The van der Waals surface area contributed by atoms with Crippen LogP contribution in [0, 0.1) is 0 Å². The lowest BCUT2D eigenvalue weighted by Gasteiger charge is -2.20. The molecule has 1 aromatic heterocycles. The summed E-state index contributed by atoms with van der Waals surface area (Å²) in [5, 5.41) is 0.622. The topological polar surface area (TPSA) is 47.4 Å². The summed E-state index contributed by atoms with van der Waals surface area (Å²) in [6, 6.07) is 15.7. The Morgan fingerprint density at radius 1 is 1.15 bits per heavy atom. The van der Waals surface area contributed by atoms with E-state index in [1.54, 1.807) is 17.0 Å². The second-order valence-corrected chi connectivity index (χ2v) is 7.16. The molecule has 2 heterocycles. The molecule has 1 atom stereocenters. The summed E-state index contributed by atoms with van der Waals surface area (Å²) in [4.78, 5) is 19.6. The normalized spacial score (nSPS) is 17.4. The van der Waals surface area contributed by atoms with Gasteiger partial charge in [-0.05, 0) is 69.1 Å². The van der Waals surface area contributed by atoms with Gasteiger partial charge in [0, 0.05) is 12.6 Å². The third kappa shape index (κ3) is 3.88. The predicted octanol–water partition coefficient (Wildman–Crippen LogP) is 3.64. The summed E-state index contributed by atoms with van der Waals surface area (Å²) in [6.45, 7) is 5.32. The third-order valence-electron chi connectivity index (χ3n) is 5.33. The van der Waals surface area contributed by atoms with E-state index in [9.17, 15) is 4.79 Å². The molecule has 140 valence electrons. The number of hydrogen-bond acceptors (Lipinski definition) is 4. The van der Waals surface area contributed by atoms with Crippen molar-refractivity contribution in [3.63, 3.8) is 0 Å². The molecule has 0 aliphatic carbocycles. The number of hydrogen-bond donors (Lipinski definition) is 0. The van der Waals surface area contributed by atoms with Gasteiger partial charge in [-0.15, -0.1) is 0 Å². The number of rotatable bonds is 6. The molecule has 1 aliphatic heterocycles. The molecule has 0 radical (unpaired) electrons. The third-order valence-corrected chi connectivity index (χ3v) is 5.33. The van der Waals surface area contributed by atoms with E-state index in [4.69, 9.17) is 4.74 Å². The average Bonchev–Trinajstić information content (AvgIpc) is 3.11. The molecule has 1 aliphatic rings. The van der Waals surface area contributed by atoms with Gasteiger partial charge in [0.2, 0.25) is 0 Å². The van der Waals surface area contributed by atoms with Crippen molar-refractivity contribution in [3.8, 4) is 11.4 Å². The van der Waals surface area contributed by atoms with Crippen LogP contribution in [0.2, 0.25) is 0 Å². The minimum atomic E-state index is -0.0611. The molecule has 0 amide bonds. The molecule has 27 heavy (non-hydrogen) atoms. The lowest BCUT2D eigenvalue weighted by Crippen LogP contribution is -2.28. The molecule has 1 saturated heterocycles. The lowest BCUT2D eigenvalue weighted by molar-refractivity contribution is 0.230. The molecule has 0 saturated carbocycles. The Labute approximate surface area is 159 Å². The van der Waals surface area contributed by atoms with E-state index in [0.717, 1.165) is 24.4 Å². The van der Waals surface area contributed by atoms with E-state index in [-0.39, 0.29) is 5.56 Å². The number of nitrogens with zero attached hydrogens (tertiary/aromatic N) is 3. The Kier molecular flexibility index (Phi) is 5.21. The molecule has 3 aromatic rings. The van der Waals surface area contributed by atoms with Gasteiger partial charge in [-0.1, -0.05) is 12.1 Å². The van der Waals surface area contributed by atoms with Crippen LogP contribution in [-0.4, -0.2) is 40.2 Å². The average molecular weight is 363 g/mol. The van der Waals surface area contributed by atoms with Gasteiger partial charge >= 0.3 is 0 Å². The summed E-state index contributed by atoms with van der Waals surface area (Å²) in [5.41, 5.74) is 1.44. The first kappa shape index (κ1) is 17.7. The molecule has 0 bridgehead atoms. The Balaban J connectivity index is 1.39. The summed E-state index contributed by atoms with van der Waals surface area (Å²) in [7, 11) is 0. The molecule has 1 fully saturated rings. The van der Waals surface area contributed by atoms with Crippen molar-refractivity contribution in [2.45, 2.75) is 32.2 Å². The van der Waals surface area contributed by atoms with Crippen LogP contribution in [0.5, 0.6) is 5.75 Å². The summed E-state index contributed by atoms with van der Waals surface area (Å²) >= 11 is 0. The number of fused-ring (bicyclic) bond motifs is 1. The summed E-state index contributed by atoms with van der Waals surface area (Å²) in [5.74, 6) is 0.829. The zero-order valence-corrected chi connectivity index (χ0v) is 15.7. The Hall–Kier alpha value is -2.66. The molecular formula is C22H25N3O2. The van der Waals surface area contributed by atoms with Gasteiger partial charge in [-0.2, -0.15) is 0 Å². The van der Waals surface area contributed by atoms with Crippen molar-refractivity contribution in [1.29, 1.82) is 0 Å². The van der Waals surface area contributed by atoms with Crippen LogP contribution in [0.25, 0.3) is 16.6 Å². The number of benzene rings is 2. The highest BCUT2D eigenvalue weighted by atomic mass is 16.5. The van der Waals surface area contributed by atoms with Crippen molar-refractivity contribution in [2.75, 3.05) is 19.7 Å². The highest BCUT2D eigenvalue weighted by Crippen LogP contribution is 2.18. The molecule has 0 unspecified atom stereocenters. The fraction of sp³-hybridized carbons (Fsp3) is 0.364. The van der Waals surface area contributed by atoms with Gasteiger partial charge in [-0.3, -0.25) is 9.36 Å². The van der Waals surface area contributed by atoms with Crippen molar-refractivity contribution in [3.05, 3.63) is 65.2 Å². The number of para-hydroxylation sites is 1. The maximum atomic E-state index is 12.7. The van der Waals surface area contributed by atoms with Crippen LogP contribution < -0.4 is 10.3 Å². The monoisotopic (exact) mass is 363 g/mol. The van der Waals surface area contributed by atoms with Gasteiger partial charge in [0.25, 0.3) is 5.56 Å². The largest absolute Gasteiger partial charge is 0.494 e.